The summed E-state index contributed by atoms with van der Waals surface area (Å²) in [6.45, 7) is 0. The van der Waals surface area contributed by atoms with E-state index in [1.54, 1.807) is 0 Å². The van der Waals surface area contributed by atoms with Crippen LogP contribution >= 0.6 is 23.2 Å². The summed E-state index contributed by atoms with van der Waals surface area (Å²) in [6, 6.07) is 3.31. The molecular formula is C16H11Cl2F3N4O. The molecule has 1 aromatic carbocycles. The van der Waals surface area contributed by atoms with Gasteiger partial charge in [0.1, 0.15) is 11.6 Å². The Morgan fingerprint density at radius 3 is 2.38 bits per heavy atom. The molecule has 1 aliphatic carbocycles. The number of aromatic nitrogens is 2. The van der Waals surface area contributed by atoms with Crippen molar-refractivity contribution in [1.29, 1.82) is 5.26 Å². The van der Waals surface area contributed by atoms with E-state index in [1.807, 2.05) is 6.07 Å². The van der Waals surface area contributed by atoms with Gasteiger partial charge in [-0.3, -0.25) is 9.89 Å². The number of alkyl halides is 3. The summed E-state index contributed by atoms with van der Waals surface area (Å²) in [5.74, 6) is -0.387. The van der Waals surface area contributed by atoms with E-state index in [0.717, 1.165) is 31.4 Å². The molecule has 26 heavy (non-hydrogen) atoms. The molecule has 1 fully saturated rings. The van der Waals surface area contributed by atoms with Gasteiger partial charge < -0.3 is 5.32 Å². The number of benzene rings is 1. The zero-order valence-corrected chi connectivity index (χ0v) is 14.6. The molecule has 1 heterocycles. The number of aromatic amines is 1. The summed E-state index contributed by atoms with van der Waals surface area (Å²) in [7, 11) is 0. The van der Waals surface area contributed by atoms with Gasteiger partial charge in [-0.1, -0.05) is 29.6 Å². The van der Waals surface area contributed by atoms with E-state index < -0.39 is 11.7 Å². The van der Waals surface area contributed by atoms with Crippen LogP contribution in [0, 0.1) is 17.2 Å². The first kappa shape index (κ1) is 18.5. The van der Waals surface area contributed by atoms with Crippen LogP contribution in [-0.2, 0) is 11.0 Å². The highest BCUT2D eigenvalue weighted by Gasteiger charge is 2.33. The third kappa shape index (κ3) is 3.37. The predicted molar refractivity (Wildman–Crippen MR) is 89.7 cm³/mol. The predicted octanol–water partition coefficient (Wildman–Crippen LogP) is 5.01. The van der Waals surface area contributed by atoms with Gasteiger partial charge >= 0.3 is 6.18 Å². The number of hydrogen-bond donors (Lipinski definition) is 2. The molecule has 2 aromatic rings. The van der Waals surface area contributed by atoms with Crippen LogP contribution in [0.4, 0.5) is 19.0 Å². The number of nitriles is 1. The average molecular weight is 403 g/mol. The van der Waals surface area contributed by atoms with Gasteiger partial charge in [-0.15, -0.1) is 0 Å². The molecule has 5 nitrogen and oxygen atoms in total. The van der Waals surface area contributed by atoms with Crippen molar-refractivity contribution in [3.63, 3.8) is 0 Å². The largest absolute Gasteiger partial charge is 0.416 e. The second-order valence-corrected chi connectivity index (χ2v) is 6.68. The van der Waals surface area contributed by atoms with Crippen LogP contribution in [0.15, 0.2) is 12.1 Å². The number of carbonyl (C=O) groups excluding carboxylic acids is 1. The first-order chi connectivity index (χ1) is 12.2. The maximum absolute atomic E-state index is 12.9. The van der Waals surface area contributed by atoms with Gasteiger partial charge in [0.2, 0.25) is 5.91 Å². The molecule has 1 aromatic heterocycles. The highest BCUT2D eigenvalue weighted by atomic mass is 35.5. The average Bonchev–Trinajstić information content (AvgIpc) is 2.86. The third-order valence-electron chi connectivity index (χ3n) is 4.22. The SMILES string of the molecule is N#Cc1c(NC(=O)C2CCC2)n[nH]c1-c1c(Cl)cc(C(F)(F)F)cc1Cl. The highest BCUT2D eigenvalue weighted by Crippen LogP contribution is 2.41. The Kier molecular flexibility index (Phi) is 4.86. The lowest BCUT2D eigenvalue weighted by molar-refractivity contribution is -0.137. The standard InChI is InChI=1S/C16H11Cl2F3N4O/c17-10-4-8(16(19,20)21)5-11(18)12(10)13-9(6-22)14(25-24-13)23-15(26)7-2-1-3-7/h4-5,7H,1-3H2,(H2,23,24,25,26). The summed E-state index contributed by atoms with van der Waals surface area (Å²) in [5, 5.41) is 17.8. The van der Waals surface area contributed by atoms with Crippen LogP contribution in [-0.4, -0.2) is 16.1 Å². The number of rotatable bonds is 3. The number of nitrogens with one attached hydrogen (secondary N) is 2. The monoisotopic (exact) mass is 402 g/mol. The van der Waals surface area contributed by atoms with Crippen LogP contribution in [0.5, 0.6) is 0 Å². The lowest BCUT2D eigenvalue weighted by Crippen LogP contribution is -2.28. The molecule has 0 atom stereocenters. The summed E-state index contributed by atoms with van der Waals surface area (Å²) in [4.78, 5) is 12.0. The van der Waals surface area contributed by atoms with Crippen LogP contribution in [0.1, 0.15) is 30.4 Å². The minimum Gasteiger partial charge on any atom is -0.308 e. The van der Waals surface area contributed by atoms with E-state index in [-0.39, 0.29) is 44.5 Å². The first-order valence-corrected chi connectivity index (χ1v) is 8.34. The highest BCUT2D eigenvalue weighted by molar-refractivity contribution is 6.39. The molecule has 136 valence electrons. The van der Waals surface area contributed by atoms with Crippen molar-refractivity contribution in [2.45, 2.75) is 25.4 Å². The van der Waals surface area contributed by atoms with Gasteiger partial charge in [-0.2, -0.15) is 23.5 Å². The number of carbonyl (C=O) groups is 1. The van der Waals surface area contributed by atoms with E-state index in [1.165, 1.54) is 0 Å². The van der Waals surface area contributed by atoms with Gasteiger partial charge in [0.05, 0.1) is 21.3 Å². The van der Waals surface area contributed by atoms with Gasteiger partial charge in [0.15, 0.2) is 5.82 Å². The number of halogens is 5. The minimum atomic E-state index is -4.61. The Hall–Kier alpha value is -2.24. The molecule has 3 rings (SSSR count). The molecule has 2 N–H and O–H groups in total. The van der Waals surface area contributed by atoms with E-state index in [2.05, 4.69) is 15.5 Å². The number of amides is 1. The zero-order valence-electron chi connectivity index (χ0n) is 13.0. The van der Waals surface area contributed by atoms with Gasteiger partial charge in [-0.25, -0.2) is 0 Å². The second-order valence-electron chi connectivity index (χ2n) is 5.86. The zero-order chi connectivity index (χ0) is 19.1. The molecule has 1 saturated carbocycles. The second kappa shape index (κ2) is 6.82. The quantitative estimate of drug-likeness (QED) is 0.756. The fourth-order valence-electron chi connectivity index (χ4n) is 2.59. The third-order valence-corrected chi connectivity index (χ3v) is 4.81. The minimum absolute atomic E-state index is 0.00793. The van der Waals surface area contributed by atoms with E-state index in [0.29, 0.717) is 0 Å². The van der Waals surface area contributed by atoms with Crippen molar-refractivity contribution >= 4 is 34.9 Å². The topological polar surface area (TPSA) is 81.6 Å². The number of nitrogens with zero attached hydrogens (tertiary/aromatic N) is 2. The van der Waals surface area contributed by atoms with Gasteiger partial charge in [-0.05, 0) is 25.0 Å². The number of hydrogen-bond acceptors (Lipinski definition) is 3. The van der Waals surface area contributed by atoms with Gasteiger partial charge in [0, 0.05) is 11.5 Å². The van der Waals surface area contributed by atoms with E-state index in [4.69, 9.17) is 23.2 Å². The Balaban J connectivity index is 2.00. The maximum atomic E-state index is 12.9. The van der Waals surface area contributed by atoms with Crippen LogP contribution < -0.4 is 5.32 Å². The van der Waals surface area contributed by atoms with Crippen LogP contribution in [0.3, 0.4) is 0 Å². The molecule has 1 aliphatic rings. The lowest BCUT2D eigenvalue weighted by Gasteiger charge is -2.23. The molecular weight excluding hydrogens is 392 g/mol. The fraction of sp³-hybridized carbons (Fsp3) is 0.312. The van der Waals surface area contributed by atoms with Crippen molar-refractivity contribution in [3.05, 3.63) is 33.3 Å². The van der Waals surface area contributed by atoms with Crippen LogP contribution in [0.25, 0.3) is 11.3 Å². The molecule has 0 aliphatic heterocycles. The van der Waals surface area contributed by atoms with E-state index >= 15 is 0 Å². The molecule has 0 radical (unpaired) electrons. The smallest absolute Gasteiger partial charge is 0.308 e. The molecule has 0 bridgehead atoms. The van der Waals surface area contributed by atoms with Crippen LogP contribution in [0.2, 0.25) is 10.0 Å². The lowest BCUT2D eigenvalue weighted by atomic mass is 9.85. The Labute approximate surface area is 156 Å². The molecule has 10 heteroatoms. The number of anilines is 1. The summed E-state index contributed by atoms with van der Waals surface area (Å²) in [6.07, 6.45) is -2.12. The summed E-state index contributed by atoms with van der Waals surface area (Å²) in [5.41, 5.74) is -1.01. The Morgan fingerprint density at radius 1 is 1.31 bits per heavy atom. The van der Waals surface area contributed by atoms with Crippen molar-refractivity contribution in [1.82, 2.24) is 10.2 Å². The van der Waals surface area contributed by atoms with Crippen molar-refractivity contribution in [2.24, 2.45) is 5.92 Å². The van der Waals surface area contributed by atoms with E-state index in [9.17, 15) is 23.2 Å². The summed E-state index contributed by atoms with van der Waals surface area (Å²) < 4.78 is 38.6. The van der Waals surface area contributed by atoms with Gasteiger partial charge in [0.25, 0.3) is 0 Å². The molecule has 0 unspecified atom stereocenters. The van der Waals surface area contributed by atoms with Crippen molar-refractivity contribution in [2.75, 3.05) is 5.32 Å². The Bertz CT molecular complexity index is 890. The molecule has 0 saturated heterocycles. The van der Waals surface area contributed by atoms with Crippen molar-refractivity contribution in [3.8, 4) is 17.3 Å². The molecule has 0 spiro atoms. The Morgan fingerprint density at radius 2 is 1.92 bits per heavy atom. The fourth-order valence-corrected chi connectivity index (χ4v) is 3.26. The molecule has 1 amide bonds. The normalized spacial score (nSPS) is 14.6. The van der Waals surface area contributed by atoms with Crippen molar-refractivity contribution < 1.29 is 18.0 Å². The summed E-state index contributed by atoms with van der Waals surface area (Å²) >= 11 is 11.9. The number of H-pyrrole nitrogens is 1. The maximum Gasteiger partial charge on any atom is 0.416 e. The first-order valence-electron chi connectivity index (χ1n) is 7.58.